The van der Waals surface area contributed by atoms with Crippen LogP contribution in [-0.2, 0) is 9.53 Å². The van der Waals surface area contributed by atoms with Crippen molar-refractivity contribution in [1.82, 2.24) is 4.90 Å². The zero-order chi connectivity index (χ0) is 14.4. The Morgan fingerprint density at radius 1 is 1.21 bits per heavy atom. The number of carbonyl (C=O) groups excluding carboxylic acids is 2. The van der Waals surface area contributed by atoms with Crippen molar-refractivity contribution in [2.75, 3.05) is 20.8 Å². The van der Waals surface area contributed by atoms with Crippen LogP contribution in [0.4, 0.5) is 0 Å². The number of amides is 1. The molecule has 5 nitrogen and oxygen atoms in total. The van der Waals surface area contributed by atoms with Crippen LogP contribution in [0.5, 0.6) is 5.75 Å². The van der Waals surface area contributed by atoms with Crippen molar-refractivity contribution in [2.45, 2.75) is 19.9 Å². The minimum absolute atomic E-state index is 0.0216. The number of methoxy groups -OCH3 is 1. The molecule has 0 saturated heterocycles. The molecule has 0 aliphatic rings. The van der Waals surface area contributed by atoms with Gasteiger partial charge in [0, 0.05) is 13.1 Å². The number of likely N-dealkylation sites (N-methyl/N-ethyl adjacent to an activating group) is 1. The molecule has 19 heavy (non-hydrogen) atoms. The zero-order valence-electron chi connectivity index (χ0n) is 11.7. The first-order valence-electron chi connectivity index (χ1n) is 6.02. The smallest absolute Gasteiger partial charge is 0.337 e. The summed E-state index contributed by atoms with van der Waals surface area (Å²) in [6.45, 7) is 3.85. The van der Waals surface area contributed by atoms with Crippen LogP contribution in [0.2, 0.25) is 0 Å². The van der Waals surface area contributed by atoms with Gasteiger partial charge in [-0.2, -0.15) is 0 Å². The SMILES string of the molecule is COC(=O)c1ccc(OCC(=O)N(C)C(C)C)cc1. The number of hydrogen-bond acceptors (Lipinski definition) is 4. The Labute approximate surface area is 113 Å². The minimum atomic E-state index is -0.401. The predicted molar refractivity (Wildman–Crippen MR) is 71.2 cm³/mol. The molecule has 1 aromatic carbocycles. The van der Waals surface area contributed by atoms with Gasteiger partial charge in [0.05, 0.1) is 12.7 Å². The van der Waals surface area contributed by atoms with Gasteiger partial charge in [0.15, 0.2) is 6.61 Å². The summed E-state index contributed by atoms with van der Waals surface area (Å²) >= 11 is 0. The molecule has 0 spiro atoms. The van der Waals surface area contributed by atoms with Gasteiger partial charge in [0.2, 0.25) is 0 Å². The molecule has 0 atom stereocenters. The number of carbonyl (C=O) groups is 2. The van der Waals surface area contributed by atoms with Crippen LogP contribution in [-0.4, -0.2) is 43.6 Å². The van der Waals surface area contributed by atoms with Gasteiger partial charge in [-0.15, -0.1) is 0 Å². The summed E-state index contributed by atoms with van der Waals surface area (Å²) in [7, 11) is 3.06. The Morgan fingerprint density at radius 2 is 1.79 bits per heavy atom. The highest BCUT2D eigenvalue weighted by Gasteiger charge is 2.12. The first-order valence-corrected chi connectivity index (χ1v) is 6.02. The van der Waals surface area contributed by atoms with Gasteiger partial charge < -0.3 is 14.4 Å². The second-order valence-electron chi connectivity index (χ2n) is 4.40. The Balaban J connectivity index is 2.55. The summed E-state index contributed by atoms with van der Waals surface area (Å²) in [5, 5.41) is 0. The molecule has 1 aromatic rings. The average molecular weight is 265 g/mol. The third-order valence-corrected chi connectivity index (χ3v) is 2.81. The maximum absolute atomic E-state index is 11.7. The summed E-state index contributed by atoms with van der Waals surface area (Å²) in [6.07, 6.45) is 0. The molecule has 5 heteroatoms. The van der Waals surface area contributed by atoms with E-state index in [0.29, 0.717) is 11.3 Å². The van der Waals surface area contributed by atoms with E-state index in [1.54, 1.807) is 36.2 Å². The van der Waals surface area contributed by atoms with Crippen molar-refractivity contribution in [1.29, 1.82) is 0 Å². The maximum Gasteiger partial charge on any atom is 0.337 e. The summed E-state index contributed by atoms with van der Waals surface area (Å²) in [4.78, 5) is 24.6. The van der Waals surface area contributed by atoms with Crippen molar-refractivity contribution >= 4 is 11.9 Å². The van der Waals surface area contributed by atoms with Gasteiger partial charge in [-0.3, -0.25) is 4.79 Å². The summed E-state index contributed by atoms with van der Waals surface area (Å²) in [5.74, 6) is 0.0485. The lowest BCUT2D eigenvalue weighted by Gasteiger charge is -2.21. The molecule has 1 amide bonds. The molecule has 104 valence electrons. The highest BCUT2D eigenvalue weighted by atomic mass is 16.5. The molecule has 1 rings (SSSR count). The van der Waals surface area contributed by atoms with Crippen molar-refractivity contribution in [3.8, 4) is 5.75 Å². The Morgan fingerprint density at radius 3 is 2.26 bits per heavy atom. The van der Waals surface area contributed by atoms with Crippen LogP contribution < -0.4 is 4.74 Å². The molecule has 0 radical (unpaired) electrons. The summed E-state index contributed by atoms with van der Waals surface area (Å²) in [6, 6.07) is 6.59. The van der Waals surface area contributed by atoms with Gasteiger partial charge in [0.25, 0.3) is 5.91 Å². The minimum Gasteiger partial charge on any atom is -0.484 e. The van der Waals surface area contributed by atoms with Crippen molar-refractivity contribution < 1.29 is 19.1 Å². The fourth-order valence-electron chi connectivity index (χ4n) is 1.34. The summed E-state index contributed by atoms with van der Waals surface area (Å²) < 4.78 is 9.96. The van der Waals surface area contributed by atoms with E-state index in [0.717, 1.165) is 0 Å². The second-order valence-corrected chi connectivity index (χ2v) is 4.40. The number of esters is 1. The van der Waals surface area contributed by atoms with Crippen LogP contribution in [0.15, 0.2) is 24.3 Å². The normalized spacial score (nSPS) is 10.2. The molecule has 0 bridgehead atoms. The second kappa shape index (κ2) is 6.78. The van der Waals surface area contributed by atoms with Crippen LogP contribution in [0.3, 0.4) is 0 Å². The molecule has 0 aliphatic carbocycles. The van der Waals surface area contributed by atoms with Gasteiger partial charge >= 0.3 is 5.97 Å². The van der Waals surface area contributed by atoms with Crippen molar-refractivity contribution in [3.05, 3.63) is 29.8 Å². The highest BCUT2D eigenvalue weighted by Crippen LogP contribution is 2.13. The van der Waals surface area contributed by atoms with E-state index in [9.17, 15) is 9.59 Å². The zero-order valence-corrected chi connectivity index (χ0v) is 11.7. The maximum atomic E-state index is 11.7. The molecule has 0 aromatic heterocycles. The van der Waals surface area contributed by atoms with Gasteiger partial charge in [-0.05, 0) is 38.1 Å². The van der Waals surface area contributed by atoms with E-state index in [4.69, 9.17) is 4.74 Å². The first-order chi connectivity index (χ1) is 8.95. The lowest BCUT2D eigenvalue weighted by atomic mass is 10.2. The quantitative estimate of drug-likeness (QED) is 0.761. The Hall–Kier alpha value is -2.04. The molecule has 0 unspecified atom stereocenters. The van der Waals surface area contributed by atoms with E-state index in [1.165, 1.54) is 7.11 Å². The fraction of sp³-hybridized carbons (Fsp3) is 0.429. The fourth-order valence-corrected chi connectivity index (χ4v) is 1.34. The third kappa shape index (κ3) is 4.28. The van der Waals surface area contributed by atoms with Crippen LogP contribution >= 0.6 is 0 Å². The van der Waals surface area contributed by atoms with E-state index < -0.39 is 5.97 Å². The number of nitrogens with zero attached hydrogens (tertiary/aromatic N) is 1. The van der Waals surface area contributed by atoms with E-state index in [2.05, 4.69) is 4.74 Å². The summed E-state index contributed by atoms with van der Waals surface area (Å²) in [5.41, 5.74) is 0.445. The van der Waals surface area contributed by atoms with Crippen LogP contribution in [0.25, 0.3) is 0 Å². The standard InChI is InChI=1S/C14H19NO4/c1-10(2)15(3)13(16)9-19-12-7-5-11(6-8-12)14(17)18-4/h5-8,10H,9H2,1-4H3. The monoisotopic (exact) mass is 265 g/mol. The third-order valence-electron chi connectivity index (χ3n) is 2.81. The lowest BCUT2D eigenvalue weighted by Crippen LogP contribution is -2.36. The molecule has 0 saturated carbocycles. The topological polar surface area (TPSA) is 55.8 Å². The van der Waals surface area contributed by atoms with E-state index in [-0.39, 0.29) is 18.6 Å². The molecule has 0 fully saturated rings. The van der Waals surface area contributed by atoms with Crippen LogP contribution in [0, 0.1) is 0 Å². The first kappa shape index (κ1) is 15.0. The molecule has 0 heterocycles. The number of rotatable bonds is 5. The largest absolute Gasteiger partial charge is 0.484 e. The molecule has 0 aliphatic heterocycles. The number of benzene rings is 1. The lowest BCUT2D eigenvalue weighted by molar-refractivity contribution is -0.133. The predicted octanol–water partition coefficient (Wildman–Crippen LogP) is 1.72. The van der Waals surface area contributed by atoms with Crippen molar-refractivity contribution in [2.24, 2.45) is 0 Å². The Kier molecular flexibility index (Phi) is 5.36. The molecule has 0 N–H and O–H groups in total. The van der Waals surface area contributed by atoms with E-state index in [1.807, 2.05) is 13.8 Å². The van der Waals surface area contributed by atoms with Crippen LogP contribution in [0.1, 0.15) is 24.2 Å². The number of ether oxygens (including phenoxy) is 2. The molecular formula is C14H19NO4. The average Bonchev–Trinajstić information content (AvgIpc) is 2.43. The van der Waals surface area contributed by atoms with Gasteiger partial charge in [-0.25, -0.2) is 4.79 Å². The highest BCUT2D eigenvalue weighted by molar-refractivity contribution is 5.89. The van der Waals surface area contributed by atoms with Gasteiger partial charge in [-0.1, -0.05) is 0 Å². The number of hydrogen-bond donors (Lipinski definition) is 0. The molecular weight excluding hydrogens is 246 g/mol. The van der Waals surface area contributed by atoms with E-state index >= 15 is 0 Å². The Bertz CT molecular complexity index is 439. The van der Waals surface area contributed by atoms with Gasteiger partial charge in [0.1, 0.15) is 5.75 Å². The van der Waals surface area contributed by atoms with Crippen molar-refractivity contribution in [3.63, 3.8) is 0 Å².